The van der Waals surface area contributed by atoms with Crippen molar-refractivity contribution in [3.8, 4) is 0 Å². The molecule has 0 radical (unpaired) electrons. The standard InChI is InChI=1S/C32H54O7/c1-3-30(33)38-21-26-11-13-27(14-12-26)22-39-31(34)28-15-17-29(18-16-28)37-20-10-8-6-5-7-9-19-35-23-32(4-2)24-36-25-32/h3,26-29H,1,4-25H2,2H3. The summed E-state index contributed by atoms with van der Waals surface area (Å²) in [6, 6.07) is 0. The Kier molecular flexibility index (Phi) is 14.9. The Hall–Kier alpha value is -1.44. The molecule has 0 atom stereocenters. The van der Waals surface area contributed by atoms with E-state index < -0.39 is 0 Å². The van der Waals surface area contributed by atoms with E-state index in [4.69, 9.17) is 23.7 Å². The van der Waals surface area contributed by atoms with Crippen molar-refractivity contribution in [1.29, 1.82) is 0 Å². The van der Waals surface area contributed by atoms with Crippen molar-refractivity contribution in [2.24, 2.45) is 23.2 Å². The number of carbonyl (C=O) groups is 2. The van der Waals surface area contributed by atoms with Gasteiger partial charge in [0.2, 0.25) is 0 Å². The average Bonchev–Trinajstić information content (AvgIpc) is 2.95. The van der Waals surface area contributed by atoms with Gasteiger partial charge in [-0.15, -0.1) is 0 Å². The number of ether oxygens (including phenoxy) is 5. The van der Waals surface area contributed by atoms with Gasteiger partial charge in [-0.2, -0.15) is 0 Å². The number of carbonyl (C=O) groups excluding carboxylic acids is 2. The van der Waals surface area contributed by atoms with Gasteiger partial charge >= 0.3 is 11.9 Å². The van der Waals surface area contributed by atoms with Crippen molar-refractivity contribution in [3.63, 3.8) is 0 Å². The predicted octanol–water partition coefficient (Wildman–Crippen LogP) is 6.42. The Balaban J connectivity index is 1.10. The molecular formula is C32H54O7. The van der Waals surface area contributed by atoms with Crippen LogP contribution in [0.5, 0.6) is 0 Å². The minimum Gasteiger partial charge on any atom is -0.465 e. The molecule has 0 N–H and O–H groups in total. The lowest BCUT2D eigenvalue weighted by Crippen LogP contribution is -2.45. The van der Waals surface area contributed by atoms with Crippen molar-refractivity contribution in [1.82, 2.24) is 0 Å². The van der Waals surface area contributed by atoms with Crippen LogP contribution in [0.1, 0.15) is 103 Å². The normalized spacial score (nSPS) is 26.4. The summed E-state index contributed by atoms with van der Waals surface area (Å²) in [5, 5.41) is 0. The number of unbranched alkanes of at least 4 members (excludes halogenated alkanes) is 5. The number of rotatable bonds is 19. The Morgan fingerprint density at radius 1 is 0.821 bits per heavy atom. The molecule has 0 aromatic heterocycles. The lowest BCUT2D eigenvalue weighted by Gasteiger charge is -2.40. The van der Waals surface area contributed by atoms with Crippen LogP contribution in [0, 0.1) is 23.2 Å². The predicted molar refractivity (Wildman–Crippen MR) is 151 cm³/mol. The van der Waals surface area contributed by atoms with Crippen LogP contribution in [-0.2, 0) is 33.3 Å². The molecular weight excluding hydrogens is 496 g/mol. The highest BCUT2D eigenvalue weighted by Crippen LogP contribution is 2.32. The molecule has 2 saturated carbocycles. The van der Waals surface area contributed by atoms with E-state index >= 15 is 0 Å². The molecule has 0 bridgehead atoms. The lowest BCUT2D eigenvalue weighted by atomic mass is 9.83. The van der Waals surface area contributed by atoms with E-state index in [0.29, 0.717) is 36.6 Å². The largest absolute Gasteiger partial charge is 0.465 e. The summed E-state index contributed by atoms with van der Waals surface area (Å²) in [5.41, 5.74) is 0.301. The fourth-order valence-electron chi connectivity index (χ4n) is 5.94. The Morgan fingerprint density at radius 2 is 1.41 bits per heavy atom. The Bertz CT molecular complexity index is 698. The van der Waals surface area contributed by atoms with Gasteiger partial charge in [0.25, 0.3) is 0 Å². The molecule has 3 fully saturated rings. The van der Waals surface area contributed by atoms with Gasteiger partial charge in [-0.25, -0.2) is 4.79 Å². The van der Waals surface area contributed by atoms with Gasteiger partial charge in [0.1, 0.15) is 0 Å². The first-order valence-electron chi connectivity index (χ1n) is 15.8. The topological polar surface area (TPSA) is 80.3 Å². The minimum absolute atomic E-state index is 0.0252. The van der Waals surface area contributed by atoms with Crippen molar-refractivity contribution >= 4 is 11.9 Å². The summed E-state index contributed by atoms with van der Waals surface area (Å²) in [4.78, 5) is 23.8. The van der Waals surface area contributed by atoms with Crippen LogP contribution in [0.3, 0.4) is 0 Å². The molecule has 3 aliphatic rings. The Morgan fingerprint density at radius 3 is 1.97 bits per heavy atom. The fourth-order valence-corrected chi connectivity index (χ4v) is 5.94. The molecule has 224 valence electrons. The second-order valence-corrected chi connectivity index (χ2v) is 12.2. The molecule has 39 heavy (non-hydrogen) atoms. The van der Waals surface area contributed by atoms with Gasteiger partial charge in [-0.3, -0.25) is 4.79 Å². The smallest absolute Gasteiger partial charge is 0.330 e. The van der Waals surface area contributed by atoms with Crippen LogP contribution in [0.2, 0.25) is 0 Å². The first kappa shape index (κ1) is 32.1. The van der Waals surface area contributed by atoms with E-state index in [1.54, 1.807) is 0 Å². The average molecular weight is 551 g/mol. The molecule has 7 nitrogen and oxygen atoms in total. The van der Waals surface area contributed by atoms with E-state index in [1.165, 1.54) is 31.8 Å². The molecule has 1 saturated heterocycles. The van der Waals surface area contributed by atoms with Crippen LogP contribution in [0.4, 0.5) is 0 Å². The van der Waals surface area contributed by atoms with Crippen LogP contribution < -0.4 is 0 Å². The molecule has 1 heterocycles. The number of hydrogen-bond acceptors (Lipinski definition) is 7. The highest BCUT2D eigenvalue weighted by Gasteiger charge is 2.36. The minimum atomic E-state index is -0.352. The number of hydrogen-bond donors (Lipinski definition) is 0. The summed E-state index contributed by atoms with van der Waals surface area (Å²) in [6.07, 6.45) is 17.7. The highest BCUT2D eigenvalue weighted by atomic mass is 16.5. The van der Waals surface area contributed by atoms with Gasteiger partial charge in [-0.05, 0) is 82.5 Å². The van der Waals surface area contributed by atoms with E-state index in [9.17, 15) is 9.59 Å². The third kappa shape index (κ3) is 11.9. The molecule has 0 unspecified atom stereocenters. The maximum atomic E-state index is 12.6. The van der Waals surface area contributed by atoms with Gasteiger partial charge in [-0.1, -0.05) is 39.2 Å². The zero-order chi connectivity index (χ0) is 27.8. The maximum absolute atomic E-state index is 12.6. The third-order valence-corrected chi connectivity index (χ3v) is 9.07. The van der Waals surface area contributed by atoms with E-state index in [2.05, 4.69) is 13.5 Å². The van der Waals surface area contributed by atoms with Crippen LogP contribution >= 0.6 is 0 Å². The van der Waals surface area contributed by atoms with Gasteiger partial charge in [0.15, 0.2) is 0 Å². The van der Waals surface area contributed by atoms with E-state index in [0.717, 1.165) is 104 Å². The van der Waals surface area contributed by atoms with Gasteiger partial charge in [0.05, 0.1) is 45.1 Å². The molecule has 0 amide bonds. The summed E-state index contributed by atoms with van der Waals surface area (Å²) in [6.45, 7) is 10.9. The quantitative estimate of drug-likeness (QED) is 0.104. The molecule has 2 aliphatic carbocycles. The van der Waals surface area contributed by atoms with Crippen molar-refractivity contribution in [2.45, 2.75) is 109 Å². The van der Waals surface area contributed by atoms with E-state index in [1.807, 2.05) is 0 Å². The maximum Gasteiger partial charge on any atom is 0.330 e. The summed E-state index contributed by atoms with van der Waals surface area (Å²) in [5.74, 6) is 0.484. The zero-order valence-electron chi connectivity index (χ0n) is 24.5. The molecule has 7 heteroatoms. The zero-order valence-corrected chi connectivity index (χ0v) is 24.5. The monoisotopic (exact) mass is 550 g/mol. The second-order valence-electron chi connectivity index (χ2n) is 12.2. The lowest BCUT2D eigenvalue weighted by molar-refractivity contribution is -0.152. The molecule has 0 spiro atoms. The van der Waals surface area contributed by atoms with Crippen molar-refractivity contribution in [2.75, 3.05) is 46.2 Å². The van der Waals surface area contributed by atoms with Crippen LogP contribution in [-0.4, -0.2) is 64.3 Å². The fraction of sp³-hybridized carbons (Fsp3) is 0.875. The van der Waals surface area contributed by atoms with Gasteiger partial charge in [0, 0.05) is 24.7 Å². The third-order valence-electron chi connectivity index (χ3n) is 9.07. The van der Waals surface area contributed by atoms with Crippen LogP contribution in [0.15, 0.2) is 12.7 Å². The van der Waals surface area contributed by atoms with E-state index in [-0.39, 0.29) is 17.9 Å². The molecule has 1 aliphatic heterocycles. The first-order chi connectivity index (χ1) is 19.0. The van der Waals surface area contributed by atoms with Crippen LogP contribution in [0.25, 0.3) is 0 Å². The highest BCUT2D eigenvalue weighted by molar-refractivity contribution is 5.81. The molecule has 0 aromatic rings. The van der Waals surface area contributed by atoms with Gasteiger partial charge < -0.3 is 23.7 Å². The first-order valence-corrected chi connectivity index (χ1v) is 15.8. The van der Waals surface area contributed by atoms with Crippen molar-refractivity contribution in [3.05, 3.63) is 12.7 Å². The number of esters is 2. The molecule has 0 aromatic carbocycles. The second kappa shape index (κ2) is 18.1. The Labute approximate surface area is 236 Å². The summed E-state index contributed by atoms with van der Waals surface area (Å²) in [7, 11) is 0. The summed E-state index contributed by atoms with van der Waals surface area (Å²) < 4.78 is 28.2. The SMILES string of the molecule is C=CC(=O)OCC1CCC(COC(=O)C2CCC(OCCCCCCCCOCC3(CC)COC3)CC2)CC1. The summed E-state index contributed by atoms with van der Waals surface area (Å²) >= 11 is 0. The van der Waals surface area contributed by atoms with Crippen molar-refractivity contribution < 1.29 is 33.3 Å². The molecule has 3 rings (SSSR count).